The summed E-state index contributed by atoms with van der Waals surface area (Å²) in [6.45, 7) is 3.26. The van der Waals surface area contributed by atoms with Crippen molar-refractivity contribution in [2.24, 2.45) is 0 Å². The number of ether oxygens (including phenoxy) is 1. The number of hydrogen-bond acceptors (Lipinski definition) is 5. The minimum Gasteiger partial charge on any atom is -0.465 e. The Morgan fingerprint density at radius 3 is 2.54 bits per heavy atom. The summed E-state index contributed by atoms with van der Waals surface area (Å²) in [7, 11) is 0. The molecule has 0 saturated carbocycles. The van der Waals surface area contributed by atoms with Crippen LogP contribution in [-0.4, -0.2) is 18.5 Å². The normalized spacial score (nSPS) is 10.8. The first-order chi connectivity index (χ1) is 11.5. The predicted octanol–water partition coefficient (Wildman–Crippen LogP) is 2.99. The Labute approximate surface area is 139 Å². The second kappa shape index (κ2) is 7.79. The van der Waals surface area contributed by atoms with Gasteiger partial charge in [0.25, 0.3) is 5.91 Å². The van der Waals surface area contributed by atoms with Gasteiger partial charge in [0.2, 0.25) is 0 Å². The van der Waals surface area contributed by atoms with Crippen molar-refractivity contribution >= 4 is 23.6 Å². The molecule has 0 aliphatic heterocycles. The molecule has 0 bridgehead atoms. The van der Waals surface area contributed by atoms with Gasteiger partial charge in [0.05, 0.1) is 6.26 Å². The molecule has 1 N–H and O–H groups in total. The maximum atomic E-state index is 11.9. The van der Waals surface area contributed by atoms with Gasteiger partial charge in [-0.3, -0.25) is 4.79 Å². The van der Waals surface area contributed by atoms with Crippen molar-refractivity contribution in [2.45, 2.75) is 13.8 Å². The van der Waals surface area contributed by atoms with Crippen molar-refractivity contribution < 1.29 is 18.7 Å². The van der Waals surface area contributed by atoms with E-state index in [9.17, 15) is 9.59 Å². The van der Waals surface area contributed by atoms with E-state index in [1.165, 1.54) is 12.3 Å². The molecule has 2 aromatic rings. The van der Waals surface area contributed by atoms with Crippen LogP contribution in [0.15, 0.2) is 46.6 Å². The van der Waals surface area contributed by atoms with Gasteiger partial charge in [-0.05, 0) is 37.1 Å². The number of nitrogens with one attached hydrogen (secondary N) is 1. The van der Waals surface area contributed by atoms with Crippen LogP contribution >= 0.6 is 0 Å². The molecule has 1 amide bonds. The van der Waals surface area contributed by atoms with E-state index in [1.54, 1.807) is 18.2 Å². The molecule has 1 aromatic heterocycles. The molecule has 0 aliphatic carbocycles. The third-order valence-corrected chi connectivity index (χ3v) is 3.25. The van der Waals surface area contributed by atoms with Gasteiger partial charge in [-0.2, -0.15) is 5.26 Å². The van der Waals surface area contributed by atoms with Crippen LogP contribution in [0.2, 0.25) is 0 Å². The minimum absolute atomic E-state index is 0.246. The quantitative estimate of drug-likeness (QED) is 0.518. The van der Waals surface area contributed by atoms with Crippen molar-refractivity contribution in [2.75, 3.05) is 11.9 Å². The summed E-state index contributed by atoms with van der Waals surface area (Å²) in [5.41, 5.74) is 2.25. The Hall–Kier alpha value is -3.33. The summed E-state index contributed by atoms with van der Waals surface area (Å²) >= 11 is 0. The number of aryl methyl sites for hydroxylation is 2. The molecule has 1 aromatic carbocycles. The lowest BCUT2D eigenvalue weighted by atomic mass is 10.1. The van der Waals surface area contributed by atoms with Crippen LogP contribution in [0.5, 0.6) is 0 Å². The predicted molar refractivity (Wildman–Crippen MR) is 87.8 cm³/mol. The van der Waals surface area contributed by atoms with Gasteiger partial charge < -0.3 is 14.5 Å². The van der Waals surface area contributed by atoms with Gasteiger partial charge >= 0.3 is 5.97 Å². The number of para-hydroxylation sites is 1. The van der Waals surface area contributed by atoms with Crippen molar-refractivity contribution in [1.82, 2.24) is 0 Å². The molecule has 0 spiro atoms. The van der Waals surface area contributed by atoms with Crippen LogP contribution < -0.4 is 5.32 Å². The largest absolute Gasteiger partial charge is 0.465 e. The molecular formula is C18H16N2O4. The number of esters is 1. The molecule has 0 radical (unpaired) electrons. The van der Waals surface area contributed by atoms with Gasteiger partial charge in [-0.25, -0.2) is 4.79 Å². The van der Waals surface area contributed by atoms with E-state index < -0.39 is 18.5 Å². The standard InChI is InChI=1S/C18H16N2O4/c1-12-5-3-6-13(2)17(12)20-16(21)11-24-18(22)14(10-19)9-15-7-4-8-23-15/h3-9H,11H2,1-2H3,(H,20,21)/b14-9+. The maximum Gasteiger partial charge on any atom is 0.349 e. The monoisotopic (exact) mass is 324 g/mol. The van der Waals surface area contributed by atoms with Crippen molar-refractivity contribution in [3.63, 3.8) is 0 Å². The van der Waals surface area contributed by atoms with E-state index in [-0.39, 0.29) is 5.57 Å². The minimum atomic E-state index is -0.884. The molecular weight excluding hydrogens is 308 g/mol. The number of benzene rings is 1. The van der Waals surface area contributed by atoms with E-state index in [2.05, 4.69) is 5.32 Å². The van der Waals surface area contributed by atoms with Gasteiger partial charge in [-0.15, -0.1) is 0 Å². The average Bonchev–Trinajstić information content (AvgIpc) is 3.07. The summed E-state index contributed by atoms with van der Waals surface area (Å²) in [4.78, 5) is 23.8. The summed E-state index contributed by atoms with van der Waals surface area (Å²) < 4.78 is 9.91. The Morgan fingerprint density at radius 1 is 1.25 bits per heavy atom. The molecule has 0 unspecified atom stereocenters. The number of anilines is 1. The molecule has 6 heteroatoms. The first-order valence-corrected chi connectivity index (χ1v) is 7.19. The number of hydrogen-bond donors (Lipinski definition) is 1. The third kappa shape index (κ3) is 4.34. The smallest absolute Gasteiger partial charge is 0.349 e. The van der Waals surface area contributed by atoms with Crippen LogP contribution in [0, 0.1) is 25.2 Å². The third-order valence-electron chi connectivity index (χ3n) is 3.25. The topological polar surface area (TPSA) is 92.3 Å². The van der Waals surface area contributed by atoms with Gasteiger partial charge in [0, 0.05) is 11.8 Å². The molecule has 1 heterocycles. The Morgan fingerprint density at radius 2 is 1.96 bits per heavy atom. The van der Waals surface area contributed by atoms with E-state index in [1.807, 2.05) is 32.0 Å². The molecule has 0 fully saturated rings. The van der Waals surface area contributed by atoms with Gasteiger partial charge in [-0.1, -0.05) is 18.2 Å². The fourth-order valence-corrected chi connectivity index (χ4v) is 2.05. The van der Waals surface area contributed by atoms with Gasteiger partial charge in [0.1, 0.15) is 17.4 Å². The second-order valence-electron chi connectivity index (χ2n) is 5.08. The number of carbonyl (C=O) groups is 2. The van der Waals surface area contributed by atoms with Gasteiger partial charge in [0.15, 0.2) is 6.61 Å². The Bertz CT molecular complexity index is 794. The van der Waals surface area contributed by atoms with Crippen LogP contribution in [0.3, 0.4) is 0 Å². The van der Waals surface area contributed by atoms with E-state index in [0.717, 1.165) is 11.1 Å². The molecule has 122 valence electrons. The van der Waals surface area contributed by atoms with Crippen LogP contribution in [0.4, 0.5) is 5.69 Å². The first-order valence-electron chi connectivity index (χ1n) is 7.19. The Kier molecular flexibility index (Phi) is 5.53. The number of nitrogens with zero attached hydrogens (tertiary/aromatic N) is 1. The zero-order valence-corrected chi connectivity index (χ0v) is 13.3. The fraction of sp³-hybridized carbons (Fsp3) is 0.167. The summed E-state index contributed by atoms with van der Waals surface area (Å²) in [5, 5.41) is 11.7. The zero-order chi connectivity index (χ0) is 17.5. The lowest BCUT2D eigenvalue weighted by Crippen LogP contribution is -2.22. The molecule has 0 atom stereocenters. The number of rotatable bonds is 5. The van der Waals surface area contributed by atoms with Crippen molar-refractivity contribution in [3.05, 3.63) is 59.1 Å². The zero-order valence-electron chi connectivity index (χ0n) is 13.3. The lowest BCUT2D eigenvalue weighted by Gasteiger charge is -2.11. The summed E-state index contributed by atoms with van der Waals surface area (Å²) in [6, 6.07) is 10.6. The Balaban J connectivity index is 1.96. The van der Waals surface area contributed by atoms with Crippen LogP contribution in [0.25, 0.3) is 6.08 Å². The molecule has 24 heavy (non-hydrogen) atoms. The fourth-order valence-electron chi connectivity index (χ4n) is 2.05. The summed E-state index contributed by atoms with van der Waals surface area (Å²) in [6.07, 6.45) is 2.68. The second-order valence-corrected chi connectivity index (χ2v) is 5.08. The number of furan rings is 1. The molecule has 0 aliphatic rings. The number of carbonyl (C=O) groups excluding carboxylic acids is 2. The SMILES string of the molecule is Cc1cccc(C)c1NC(=O)COC(=O)/C(C#N)=C/c1ccco1. The molecule has 6 nitrogen and oxygen atoms in total. The van der Waals surface area contributed by atoms with Crippen LogP contribution in [0.1, 0.15) is 16.9 Å². The highest BCUT2D eigenvalue weighted by atomic mass is 16.5. The van der Waals surface area contributed by atoms with E-state index in [4.69, 9.17) is 14.4 Å². The van der Waals surface area contributed by atoms with Crippen LogP contribution in [-0.2, 0) is 14.3 Å². The highest BCUT2D eigenvalue weighted by molar-refractivity contribution is 6.00. The van der Waals surface area contributed by atoms with Crippen molar-refractivity contribution in [3.8, 4) is 6.07 Å². The highest BCUT2D eigenvalue weighted by Gasteiger charge is 2.14. The average molecular weight is 324 g/mol. The maximum absolute atomic E-state index is 11.9. The number of amides is 1. The van der Waals surface area contributed by atoms with E-state index >= 15 is 0 Å². The highest BCUT2D eigenvalue weighted by Crippen LogP contribution is 2.19. The lowest BCUT2D eigenvalue weighted by molar-refractivity contribution is -0.142. The van der Waals surface area contributed by atoms with Crippen molar-refractivity contribution in [1.29, 1.82) is 5.26 Å². The molecule has 0 saturated heterocycles. The first kappa shape index (κ1) is 17.0. The summed E-state index contributed by atoms with van der Waals surface area (Å²) in [5.74, 6) is -1.01. The van der Waals surface area contributed by atoms with E-state index in [0.29, 0.717) is 11.4 Å². The molecule has 2 rings (SSSR count). The number of nitriles is 1.